The minimum absolute atomic E-state index is 0.233. The maximum Gasteiger partial charge on any atom is 0.0462 e. The topological polar surface area (TPSA) is 21.3 Å². The van der Waals surface area contributed by atoms with E-state index in [0.29, 0.717) is 6.04 Å². The minimum Gasteiger partial charge on any atom is -0.385 e. The van der Waals surface area contributed by atoms with Gasteiger partial charge in [0.1, 0.15) is 0 Å². The van der Waals surface area contributed by atoms with Gasteiger partial charge in [0, 0.05) is 19.8 Å². The van der Waals surface area contributed by atoms with E-state index in [-0.39, 0.29) is 5.41 Å². The molecule has 1 unspecified atom stereocenters. The zero-order valence-corrected chi connectivity index (χ0v) is 14.5. The van der Waals surface area contributed by atoms with Gasteiger partial charge in [0.05, 0.1) is 0 Å². The number of benzene rings is 1. The zero-order valence-electron chi connectivity index (χ0n) is 14.5. The lowest BCUT2D eigenvalue weighted by molar-refractivity contribution is 0.188. The van der Waals surface area contributed by atoms with E-state index in [2.05, 4.69) is 57.3 Å². The Morgan fingerprint density at radius 3 is 2.33 bits per heavy atom. The molecule has 0 spiro atoms. The Kier molecular flexibility index (Phi) is 7.98. The highest BCUT2D eigenvalue weighted by Gasteiger charge is 2.14. The number of hydrogen-bond acceptors (Lipinski definition) is 2. The predicted octanol–water partition coefficient (Wildman–Crippen LogP) is 4.32. The molecule has 1 N–H and O–H groups in total. The van der Waals surface area contributed by atoms with Crippen molar-refractivity contribution in [3.8, 4) is 0 Å². The molecular formula is C19H33NO. The number of ether oxygens (including phenoxy) is 1. The van der Waals surface area contributed by atoms with E-state index in [4.69, 9.17) is 4.74 Å². The van der Waals surface area contributed by atoms with Crippen LogP contribution in [0.5, 0.6) is 0 Å². The van der Waals surface area contributed by atoms with Gasteiger partial charge in [-0.25, -0.2) is 0 Å². The summed E-state index contributed by atoms with van der Waals surface area (Å²) >= 11 is 0. The fourth-order valence-electron chi connectivity index (χ4n) is 2.52. The zero-order chi connectivity index (χ0) is 15.7. The fourth-order valence-corrected chi connectivity index (χ4v) is 2.52. The lowest BCUT2D eigenvalue weighted by Gasteiger charge is -2.21. The van der Waals surface area contributed by atoms with Crippen molar-refractivity contribution in [1.82, 2.24) is 5.32 Å². The van der Waals surface area contributed by atoms with Crippen LogP contribution in [0.3, 0.4) is 0 Å². The van der Waals surface area contributed by atoms with Crippen LogP contribution in [0.2, 0.25) is 0 Å². The molecule has 2 heteroatoms. The molecule has 120 valence electrons. The summed E-state index contributed by atoms with van der Waals surface area (Å²) in [5, 5.41) is 3.67. The number of methoxy groups -OCH3 is 1. The highest BCUT2D eigenvalue weighted by molar-refractivity contribution is 5.28. The van der Waals surface area contributed by atoms with Gasteiger partial charge in [-0.1, -0.05) is 52.0 Å². The fraction of sp³-hybridized carbons (Fsp3) is 0.684. The van der Waals surface area contributed by atoms with E-state index in [0.717, 1.165) is 26.0 Å². The van der Waals surface area contributed by atoms with Crippen molar-refractivity contribution in [3.63, 3.8) is 0 Å². The molecule has 0 saturated carbocycles. The van der Waals surface area contributed by atoms with Gasteiger partial charge in [0.15, 0.2) is 0 Å². The molecule has 21 heavy (non-hydrogen) atoms. The van der Waals surface area contributed by atoms with E-state index in [1.54, 1.807) is 7.11 Å². The van der Waals surface area contributed by atoms with E-state index < -0.39 is 0 Å². The first-order chi connectivity index (χ1) is 9.97. The van der Waals surface area contributed by atoms with E-state index in [9.17, 15) is 0 Å². The molecule has 0 aliphatic rings. The molecule has 0 fully saturated rings. The lowest BCUT2D eigenvalue weighted by atomic mass is 9.86. The maximum atomic E-state index is 5.17. The van der Waals surface area contributed by atoms with Crippen molar-refractivity contribution < 1.29 is 4.74 Å². The SMILES string of the molecule is CCCNC(CCCOC)Cc1ccc(C(C)(C)C)cc1. The van der Waals surface area contributed by atoms with E-state index >= 15 is 0 Å². The summed E-state index contributed by atoms with van der Waals surface area (Å²) in [4.78, 5) is 0. The highest BCUT2D eigenvalue weighted by atomic mass is 16.5. The van der Waals surface area contributed by atoms with Gasteiger partial charge in [0.2, 0.25) is 0 Å². The van der Waals surface area contributed by atoms with Crippen LogP contribution in [0.15, 0.2) is 24.3 Å². The first-order valence-electron chi connectivity index (χ1n) is 8.29. The molecule has 0 heterocycles. The maximum absolute atomic E-state index is 5.17. The molecule has 1 atom stereocenters. The minimum atomic E-state index is 0.233. The quantitative estimate of drug-likeness (QED) is 0.684. The second-order valence-electron chi connectivity index (χ2n) is 6.94. The first kappa shape index (κ1) is 18.2. The van der Waals surface area contributed by atoms with Crippen molar-refractivity contribution in [2.75, 3.05) is 20.3 Å². The predicted molar refractivity (Wildman–Crippen MR) is 92.0 cm³/mol. The van der Waals surface area contributed by atoms with E-state index in [1.807, 2.05) is 0 Å². The van der Waals surface area contributed by atoms with Gasteiger partial charge < -0.3 is 10.1 Å². The molecule has 0 aliphatic heterocycles. The summed E-state index contributed by atoms with van der Waals surface area (Å²) in [6.45, 7) is 11.0. The Bertz CT molecular complexity index is 378. The summed E-state index contributed by atoms with van der Waals surface area (Å²) < 4.78 is 5.17. The van der Waals surface area contributed by atoms with Crippen LogP contribution >= 0.6 is 0 Å². The summed E-state index contributed by atoms with van der Waals surface area (Å²) in [5.41, 5.74) is 3.06. The van der Waals surface area contributed by atoms with Gasteiger partial charge in [0.25, 0.3) is 0 Å². The van der Waals surface area contributed by atoms with Crippen LogP contribution in [0.25, 0.3) is 0 Å². The third-order valence-electron chi connectivity index (χ3n) is 3.89. The largest absolute Gasteiger partial charge is 0.385 e. The molecule has 0 aliphatic carbocycles. The van der Waals surface area contributed by atoms with Crippen molar-refractivity contribution in [1.29, 1.82) is 0 Å². The van der Waals surface area contributed by atoms with Crippen LogP contribution in [0, 0.1) is 0 Å². The second-order valence-corrected chi connectivity index (χ2v) is 6.94. The van der Waals surface area contributed by atoms with Crippen molar-refractivity contribution in [2.45, 2.75) is 64.8 Å². The Morgan fingerprint density at radius 1 is 1.14 bits per heavy atom. The first-order valence-corrected chi connectivity index (χ1v) is 8.29. The molecule has 1 aromatic rings. The summed E-state index contributed by atoms with van der Waals surface area (Å²) in [7, 11) is 1.78. The standard InChI is InChI=1S/C19H33NO/c1-6-13-20-18(8-7-14-21-5)15-16-9-11-17(12-10-16)19(2,3)4/h9-12,18,20H,6-8,13-15H2,1-5H3. The van der Waals surface area contributed by atoms with Gasteiger partial charge in [-0.3, -0.25) is 0 Å². The lowest BCUT2D eigenvalue weighted by Crippen LogP contribution is -2.32. The Balaban J connectivity index is 2.60. The second kappa shape index (κ2) is 9.22. The summed E-state index contributed by atoms with van der Waals surface area (Å²) in [6.07, 6.45) is 4.59. The molecule has 0 radical (unpaired) electrons. The van der Waals surface area contributed by atoms with Gasteiger partial charge in [-0.2, -0.15) is 0 Å². The van der Waals surface area contributed by atoms with Crippen molar-refractivity contribution in [3.05, 3.63) is 35.4 Å². The number of rotatable bonds is 9. The molecule has 1 rings (SSSR count). The smallest absolute Gasteiger partial charge is 0.0462 e. The monoisotopic (exact) mass is 291 g/mol. The molecule has 2 nitrogen and oxygen atoms in total. The number of hydrogen-bond donors (Lipinski definition) is 1. The molecule has 0 aromatic heterocycles. The van der Waals surface area contributed by atoms with Crippen LogP contribution in [-0.4, -0.2) is 26.3 Å². The average Bonchev–Trinajstić information content (AvgIpc) is 2.44. The van der Waals surface area contributed by atoms with Crippen LogP contribution in [0.4, 0.5) is 0 Å². The molecular weight excluding hydrogens is 258 g/mol. The molecule has 1 aromatic carbocycles. The normalized spacial score (nSPS) is 13.4. The van der Waals surface area contributed by atoms with Gasteiger partial charge in [-0.15, -0.1) is 0 Å². The Hall–Kier alpha value is -0.860. The van der Waals surface area contributed by atoms with E-state index in [1.165, 1.54) is 24.0 Å². The molecule has 0 amide bonds. The van der Waals surface area contributed by atoms with Crippen LogP contribution < -0.4 is 5.32 Å². The Morgan fingerprint density at radius 2 is 1.81 bits per heavy atom. The van der Waals surface area contributed by atoms with Crippen LogP contribution in [0.1, 0.15) is 58.1 Å². The van der Waals surface area contributed by atoms with Crippen LogP contribution in [-0.2, 0) is 16.6 Å². The van der Waals surface area contributed by atoms with Crippen molar-refractivity contribution >= 4 is 0 Å². The molecule has 0 saturated heterocycles. The highest BCUT2D eigenvalue weighted by Crippen LogP contribution is 2.22. The van der Waals surface area contributed by atoms with Gasteiger partial charge in [-0.05, 0) is 48.8 Å². The summed E-state index contributed by atoms with van der Waals surface area (Å²) in [5.74, 6) is 0. The average molecular weight is 291 g/mol. The third kappa shape index (κ3) is 7.10. The summed E-state index contributed by atoms with van der Waals surface area (Å²) in [6, 6.07) is 9.69. The third-order valence-corrected chi connectivity index (χ3v) is 3.89. The van der Waals surface area contributed by atoms with Gasteiger partial charge >= 0.3 is 0 Å². The Labute approximate surface area is 131 Å². The van der Waals surface area contributed by atoms with Crippen molar-refractivity contribution in [2.24, 2.45) is 0 Å². The number of nitrogens with one attached hydrogen (secondary N) is 1. The molecule has 0 bridgehead atoms.